The zero-order valence-corrected chi connectivity index (χ0v) is 13.3. The Labute approximate surface area is 137 Å². The van der Waals surface area contributed by atoms with E-state index >= 15 is 0 Å². The van der Waals surface area contributed by atoms with Gasteiger partial charge in [0.05, 0.1) is 10.6 Å². The first-order chi connectivity index (χ1) is 10.8. The third kappa shape index (κ3) is 4.71. The minimum absolute atomic E-state index is 0.0331. The van der Waals surface area contributed by atoms with Crippen LogP contribution in [0.25, 0.3) is 0 Å². The van der Waals surface area contributed by atoms with Crippen LogP contribution in [0.3, 0.4) is 0 Å². The highest BCUT2D eigenvalue weighted by atomic mass is 35.5. The Balaban J connectivity index is 1.85. The normalized spacial score (nSPS) is 18.0. The topological polar surface area (TPSA) is 57.3 Å². The fraction of sp³-hybridized carbons (Fsp3) is 0.571. The number of carbonyl (C=O) groups excluding carboxylic acids is 1. The van der Waals surface area contributed by atoms with Crippen LogP contribution in [0.2, 0.25) is 5.02 Å². The molecule has 1 amide bonds. The zero-order valence-electron chi connectivity index (χ0n) is 12.6. The number of nitrogens with zero attached hydrogens (tertiary/aromatic N) is 2. The smallest absolute Gasteiger partial charge is 0.368 e. The lowest BCUT2D eigenvalue weighted by molar-refractivity contribution is -0.137. The average molecular weight is 351 g/mol. The van der Waals surface area contributed by atoms with Crippen molar-refractivity contribution >= 4 is 23.3 Å². The van der Waals surface area contributed by atoms with Gasteiger partial charge in [-0.05, 0) is 19.0 Å². The van der Waals surface area contributed by atoms with Gasteiger partial charge in [-0.25, -0.2) is 4.98 Å². The molecule has 1 aliphatic heterocycles. The standard InChI is InChI=1S/C14H18ClF3N4O/c1-22(10-2-4-19-8-10)12(23)3-5-20-13-11(15)6-9(7-21-13)14(16,17)18/h6-7,10,19H,2-5,8H2,1H3,(H,20,21). The lowest BCUT2D eigenvalue weighted by Crippen LogP contribution is -2.39. The van der Waals surface area contributed by atoms with Gasteiger partial charge in [-0.3, -0.25) is 4.79 Å². The van der Waals surface area contributed by atoms with Crippen LogP contribution in [0, 0.1) is 0 Å². The number of rotatable bonds is 5. The van der Waals surface area contributed by atoms with Crippen LogP contribution in [-0.4, -0.2) is 48.5 Å². The maximum Gasteiger partial charge on any atom is 0.417 e. The van der Waals surface area contributed by atoms with Crippen molar-refractivity contribution in [3.8, 4) is 0 Å². The van der Waals surface area contributed by atoms with Gasteiger partial charge in [0.2, 0.25) is 5.91 Å². The predicted molar refractivity (Wildman–Crippen MR) is 81.4 cm³/mol. The minimum atomic E-state index is -4.48. The maximum atomic E-state index is 12.5. The zero-order chi connectivity index (χ0) is 17.0. The average Bonchev–Trinajstić information content (AvgIpc) is 3.01. The molecule has 0 saturated carbocycles. The Kier molecular flexibility index (Phi) is 5.69. The van der Waals surface area contributed by atoms with Gasteiger partial charge in [-0.2, -0.15) is 13.2 Å². The lowest BCUT2D eigenvalue weighted by Gasteiger charge is -2.23. The number of anilines is 1. The number of hydrogen-bond donors (Lipinski definition) is 2. The highest BCUT2D eigenvalue weighted by Gasteiger charge is 2.31. The second-order valence-electron chi connectivity index (χ2n) is 5.38. The molecular formula is C14H18ClF3N4O. The van der Waals surface area contributed by atoms with Gasteiger partial charge in [0.15, 0.2) is 0 Å². The Morgan fingerprint density at radius 1 is 1.57 bits per heavy atom. The first-order valence-corrected chi connectivity index (χ1v) is 7.60. The monoisotopic (exact) mass is 350 g/mol. The molecule has 2 rings (SSSR count). The fourth-order valence-electron chi connectivity index (χ4n) is 2.36. The summed E-state index contributed by atoms with van der Waals surface area (Å²) in [7, 11) is 1.75. The first kappa shape index (κ1) is 17.8. The van der Waals surface area contributed by atoms with Crippen molar-refractivity contribution < 1.29 is 18.0 Å². The molecule has 2 heterocycles. The van der Waals surface area contributed by atoms with Crippen molar-refractivity contribution in [2.75, 3.05) is 32.0 Å². The van der Waals surface area contributed by atoms with Crippen molar-refractivity contribution in [2.24, 2.45) is 0 Å². The fourth-order valence-corrected chi connectivity index (χ4v) is 2.59. The van der Waals surface area contributed by atoms with Gasteiger partial charge in [0, 0.05) is 38.8 Å². The molecule has 1 unspecified atom stereocenters. The molecule has 1 aromatic rings. The van der Waals surface area contributed by atoms with E-state index in [-0.39, 0.29) is 35.8 Å². The third-order valence-electron chi connectivity index (χ3n) is 3.78. The number of hydrogen-bond acceptors (Lipinski definition) is 4. The highest BCUT2D eigenvalue weighted by Crippen LogP contribution is 2.32. The first-order valence-electron chi connectivity index (χ1n) is 7.22. The van der Waals surface area contributed by atoms with Crippen molar-refractivity contribution in [3.05, 3.63) is 22.8 Å². The largest absolute Gasteiger partial charge is 0.417 e. The second-order valence-corrected chi connectivity index (χ2v) is 5.79. The molecule has 1 saturated heterocycles. The Hall–Kier alpha value is -1.54. The Bertz CT molecular complexity index is 561. The van der Waals surface area contributed by atoms with E-state index in [1.807, 2.05) is 0 Å². The van der Waals surface area contributed by atoms with Gasteiger partial charge in [-0.1, -0.05) is 11.6 Å². The third-order valence-corrected chi connectivity index (χ3v) is 4.06. The number of pyridine rings is 1. The van der Waals surface area contributed by atoms with Crippen LogP contribution in [0.1, 0.15) is 18.4 Å². The summed E-state index contributed by atoms with van der Waals surface area (Å²) < 4.78 is 37.6. The maximum absolute atomic E-state index is 12.5. The van der Waals surface area contributed by atoms with E-state index in [0.717, 1.165) is 25.6 Å². The van der Waals surface area contributed by atoms with Gasteiger partial charge in [-0.15, -0.1) is 0 Å². The van der Waals surface area contributed by atoms with Gasteiger partial charge >= 0.3 is 6.18 Å². The number of alkyl halides is 3. The van der Waals surface area contributed by atoms with Crippen LogP contribution in [-0.2, 0) is 11.0 Å². The summed E-state index contributed by atoms with van der Waals surface area (Å²) in [6.45, 7) is 1.93. The summed E-state index contributed by atoms with van der Waals surface area (Å²) in [4.78, 5) is 17.4. The number of likely N-dealkylation sites (N-methyl/N-ethyl adjacent to an activating group) is 1. The molecule has 1 aliphatic rings. The molecule has 1 atom stereocenters. The molecule has 9 heteroatoms. The van der Waals surface area contributed by atoms with Gasteiger partial charge in [0.25, 0.3) is 0 Å². The molecule has 128 valence electrons. The van der Waals surface area contributed by atoms with E-state index in [2.05, 4.69) is 15.6 Å². The van der Waals surface area contributed by atoms with Crippen molar-refractivity contribution in [3.63, 3.8) is 0 Å². The minimum Gasteiger partial charge on any atom is -0.368 e. The molecule has 1 fully saturated rings. The molecule has 23 heavy (non-hydrogen) atoms. The summed E-state index contributed by atoms with van der Waals surface area (Å²) >= 11 is 5.79. The van der Waals surface area contributed by atoms with Crippen LogP contribution in [0.15, 0.2) is 12.3 Å². The second kappa shape index (κ2) is 7.35. The summed E-state index contributed by atoms with van der Waals surface area (Å²) in [6.07, 6.45) is -2.64. The summed E-state index contributed by atoms with van der Waals surface area (Å²) in [5.74, 6) is 0.104. The summed E-state index contributed by atoms with van der Waals surface area (Å²) in [5.41, 5.74) is -0.905. The lowest BCUT2D eigenvalue weighted by atomic mass is 10.2. The van der Waals surface area contributed by atoms with Gasteiger partial charge < -0.3 is 15.5 Å². The van der Waals surface area contributed by atoms with Gasteiger partial charge in [0.1, 0.15) is 5.82 Å². The molecule has 0 spiro atoms. The summed E-state index contributed by atoms with van der Waals surface area (Å²) in [6, 6.07) is 1.00. The van der Waals surface area contributed by atoms with E-state index in [0.29, 0.717) is 6.20 Å². The molecule has 2 N–H and O–H groups in total. The van der Waals surface area contributed by atoms with Crippen molar-refractivity contribution in [1.82, 2.24) is 15.2 Å². The molecule has 1 aromatic heterocycles. The Morgan fingerprint density at radius 2 is 2.30 bits per heavy atom. The van der Waals surface area contributed by atoms with E-state index in [4.69, 9.17) is 11.6 Å². The highest BCUT2D eigenvalue weighted by molar-refractivity contribution is 6.32. The molecule has 5 nitrogen and oxygen atoms in total. The van der Waals surface area contributed by atoms with E-state index in [1.165, 1.54) is 0 Å². The van der Waals surface area contributed by atoms with E-state index < -0.39 is 11.7 Å². The van der Waals surface area contributed by atoms with E-state index in [1.54, 1.807) is 11.9 Å². The molecule has 0 aliphatic carbocycles. The van der Waals surface area contributed by atoms with Crippen molar-refractivity contribution in [1.29, 1.82) is 0 Å². The number of aromatic nitrogens is 1. The molecular weight excluding hydrogens is 333 g/mol. The SMILES string of the molecule is CN(C(=O)CCNc1ncc(C(F)(F)F)cc1Cl)C1CCNC1. The van der Waals surface area contributed by atoms with E-state index in [9.17, 15) is 18.0 Å². The van der Waals surface area contributed by atoms with Crippen LogP contribution in [0.5, 0.6) is 0 Å². The Morgan fingerprint density at radius 3 is 2.87 bits per heavy atom. The quantitative estimate of drug-likeness (QED) is 0.856. The van der Waals surface area contributed by atoms with Crippen LogP contribution < -0.4 is 10.6 Å². The predicted octanol–water partition coefficient (Wildman–Crippen LogP) is 2.38. The molecule has 0 bridgehead atoms. The summed E-state index contributed by atoms with van der Waals surface area (Å²) in [5, 5.41) is 5.86. The number of carbonyl (C=O) groups is 1. The van der Waals surface area contributed by atoms with Crippen molar-refractivity contribution in [2.45, 2.75) is 25.1 Å². The molecule has 0 radical (unpaired) electrons. The number of nitrogens with one attached hydrogen (secondary N) is 2. The number of halogens is 4. The van der Waals surface area contributed by atoms with Crippen LogP contribution >= 0.6 is 11.6 Å². The number of amides is 1. The molecule has 0 aromatic carbocycles. The van der Waals surface area contributed by atoms with Crippen LogP contribution in [0.4, 0.5) is 19.0 Å².